The number of aromatic nitrogens is 2. The Bertz CT molecular complexity index is 796. The fourth-order valence-corrected chi connectivity index (χ4v) is 3.42. The van der Waals surface area contributed by atoms with Gasteiger partial charge in [-0.1, -0.05) is 17.7 Å². The molecule has 1 aliphatic heterocycles. The molecule has 3 rings (SSSR count). The van der Waals surface area contributed by atoms with Crippen molar-refractivity contribution in [1.82, 2.24) is 9.97 Å². The molecule has 138 valence electrons. The van der Waals surface area contributed by atoms with Gasteiger partial charge in [0.15, 0.2) is 0 Å². The molecular weight excluding hydrogens is 352 g/mol. The Kier molecular flexibility index (Phi) is 5.74. The van der Waals surface area contributed by atoms with Gasteiger partial charge in [-0.2, -0.15) is 0 Å². The van der Waals surface area contributed by atoms with Crippen LogP contribution in [0.5, 0.6) is 0 Å². The van der Waals surface area contributed by atoms with E-state index in [-0.39, 0.29) is 12.0 Å². The largest absolute Gasteiger partial charge is 0.376 e. The summed E-state index contributed by atoms with van der Waals surface area (Å²) in [6.45, 7) is 7.11. The first-order valence-corrected chi connectivity index (χ1v) is 9.09. The van der Waals surface area contributed by atoms with E-state index in [2.05, 4.69) is 20.6 Å². The van der Waals surface area contributed by atoms with E-state index in [1.165, 1.54) is 0 Å². The number of nitrogens with one attached hydrogen (secondary N) is 2. The summed E-state index contributed by atoms with van der Waals surface area (Å²) in [6.07, 6.45) is 2.31. The molecule has 1 aliphatic rings. The van der Waals surface area contributed by atoms with Crippen LogP contribution in [0.4, 0.5) is 11.5 Å². The van der Waals surface area contributed by atoms with E-state index in [1.54, 1.807) is 13.0 Å². The summed E-state index contributed by atoms with van der Waals surface area (Å²) in [7, 11) is 0. The van der Waals surface area contributed by atoms with Crippen LogP contribution < -0.4 is 10.6 Å². The lowest BCUT2D eigenvalue weighted by Gasteiger charge is -2.14. The highest BCUT2D eigenvalue weighted by atomic mass is 35.5. The second-order valence-corrected chi connectivity index (χ2v) is 7.00. The average Bonchev–Trinajstić information content (AvgIpc) is 3.09. The van der Waals surface area contributed by atoms with Gasteiger partial charge in [-0.3, -0.25) is 4.79 Å². The van der Waals surface area contributed by atoms with Crippen LogP contribution in [-0.4, -0.2) is 35.1 Å². The van der Waals surface area contributed by atoms with E-state index < -0.39 is 0 Å². The maximum atomic E-state index is 12.7. The maximum absolute atomic E-state index is 12.7. The van der Waals surface area contributed by atoms with Gasteiger partial charge < -0.3 is 15.4 Å². The first kappa shape index (κ1) is 18.6. The molecule has 1 amide bonds. The number of halogens is 1. The van der Waals surface area contributed by atoms with E-state index in [4.69, 9.17) is 16.3 Å². The third-order valence-electron chi connectivity index (χ3n) is 4.28. The van der Waals surface area contributed by atoms with Gasteiger partial charge in [0.05, 0.1) is 16.8 Å². The number of carbonyl (C=O) groups excluding carboxylic acids is 1. The Morgan fingerprint density at radius 3 is 2.77 bits per heavy atom. The van der Waals surface area contributed by atoms with Crippen LogP contribution in [0.15, 0.2) is 18.2 Å². The molecule has 2 heterocycles. The highest BCUT2D eigenvalue weighted by Gasteiger charge is 2.17. The highest BCUT2D eigenvalue weighted by molar-refractivity contribution is 6.34. The van der Waals surface area contributed by atoms with Crippen molar-refractivity contribution in [3.8, 4) is 0 Å². The van der Waals surface area contributed by atoms with Crippen molar-refractivity contribution in [2.24, 2.45) is 0 Å². The van der Waals surface area contributed by atoms with Crippen molar-refractivity contribution in [2.75, 3.05) is 23.8 Å². The molecule has 0 spiro atoms. The number of nitrogens with zero attached hydrogens (tertiary/aromatic N) is 2. The molecular formula is C19H23ClN4O2. The summed E-state index contributed by atoms with van der Waals surface area (Å²) in [4.78, 5) is 21.3. The lowest BCUT2D eigenvalue weighted by molar-refractivity contribution is 0.102. The number of benzene rings is 1. The van der Waals surface area contributed by atoms with Crippen LogP contribution >= 0.6 is 11.6 Å². The first-order chi connectivity index (χ1) is 12.4. The molecule has 0 aliphatic carbocycles. The monoisotopic (exact) mass is 374 g/mol. The van der Waals surface area contributed by atoms with Gasteiger partial charge in [-0.05, 0) is 50.8 Å². The Morgan fingerprint density at radius 2 is 2.08 bits per heavy atom. The smallest absolute Gasteiger partial charge is 0.274 e. The zero-order valence-electron chi connectivity index (χ0n) is 15.2. The van der Waals surface area contributed by atoms with Crippen molar-refractivity contribution in [1.29, 1.82) is 0 Å². The molecule has 7 heteroatoms. The molecule has 1 fully saturated rings. The second-order valence-electron chi connectivity index (χ2n) is 6.59. The SMILES string of the molecule is Cc1cc(C)c(NC(=O)c2cc(NCC3CCCO3)nc(C)n2)c(Cl)c1. The minimum Gasteiger partial charge on any atom is -0.376 e. The standard InChI is InChI=1S/C19H23ClN4O2/c1-11-7-12(2)18(15(20)8-11)24-19(25)16-9-17(23-13(3)22-16)21-10-14-5-4-6-26-14/h7-9,14H,4-6,10H2,1-3H3,(H,24,25)(H,21,22,23). The molecule has 1 saturated heterocycles. The van der Waals surface area contributed by atoms with E-state index in [0.29, 0.717) is 34.6 Å². The van der Waals surface area contributed by atoms with Gasteiger partial charge in [-0.25, -0.2) is 9.97 Å². The fraction of sp³-hybridized carbons (Fsp3) is 0.421. The molecule has 0 saturated carbocycles. The lowest BCUT2D eigenvalue weighted by atomic mass is 10.1. The van der Waals surface area contributed by atoms with Crippen molar-refractivity contribution in [3.05, 3.63) is 45.9 Å². The quantitative estimate of drug-likeness (QED) is 0.830. The van der Waals surface area contributed by atoms with Crippen molar-refractivity contribution in [3.63, 3.8) is 0 Å². The molecule has 1 atom stereocenters. The highest BCUT2D eigenvalue weighted by Crippen LogP contribution is 2.27. The minimum atomic E-state index is -0.315. The van der Waals surface area contributed by atoms with E-state index in [9.17, 15) is 4.79 Å². The molecule has 0 bridgehead atoms. The number of aryl methyl sites for hydroxylation is 3. The molecule has 0 radical (unpaired) electrons. The number of hydrogen-bond donors (Lipinski definition) is 2. The topological polar surface area (TPSA) is 76.1 Å². The van der Waals surface area contributed by atoms with Crippen LogP contribution in [0.3, 0.4) is 0 Å². The average molecular weight is 375 g/mol. The van der Waals surface area contributed by atoms with Gasteiger partial charge in [-0.15, -0.1) is 0 Å². The van der Waals surface area contributed by atoms with Crippen molar-refractivity contribution < 1.29 is 9.53 Å². The van der Waals surface area contributed by atoms with Crippen molar-refractivity contribution >= 4 is 29.0 Å². The molecule has 26 heavy (non-hydrogen) atoms. The summed E-state index contributed by atoms with van der Waals surface area (Å²) in [5, 5.41) is 6.61. The minimum absolute atomic E-state index is 0.191. The van der Waals surface area contributed by atoms with Crippen LogP contribution in [-0.2, 0) is 4.74 Å². The molecule has 2 aromatic rings. The zero-order valence-corrected chi connectivity index (χ0v) is 16.0. The maximum Gasteiger partial charge on any atom is 0.274 e. The molecule has 1 aromatic heterocycles. The van der Waals surface area contributed by atoms with Gasteiger partial charge in [0.25, 0.3) is 5.91 Å². The number of amides is 1. The molecule has 1 aromatic carbocycles. The third kappa shape index (κ3) is 4.51. The number of carbonyl (C=O) groups is 1. The summed E-state index contributed by atoms with van der Waals surface area (Å²) >= 11 is 6.28. The lowest BCUT2D eigenvalue weighted by Crippen LogP contribution is -2.21. The van der Waals surface area contributed by atoms with E-state index >= 15 is 0 Å². The second kappa shape index (κ2) is 8.01. The first-order valence-electron chi connectivity index (χ1n) is 8.71. The fourth-order valence-electron chi connectivity index (χ4n) is 3.05. The van der Waals surface area contributed by atoms with E-state index in [0.717, 1.165) is 30.6 Å². The summed E-state index contributed by atoms with van der Waals surface area (Å²) in [6, 6.07) is 5.44. The normalized spacial score (nSPS) is 16.5. The Balaban J connectivity index is 1.74. The summed E-state index contributed by atoms with van der Waals surface area (Å²) < 4.78 is 5.60. The van der Waals surface area contributed by atoms with Crippen LogP contribution in [0.1, 0.15) is 40.3 Å². The van der Waals surface area contributed by atoms with Gasteiger partial charge in [0.2, 0.25) is 0 Å². The Labute approximate surface area is 158 Å². The van der Waals surface area contributed by atoms with E-state index in [1.807, 2.05) is 26.0 Å². The van der Waals surface area contributed by atoms with Gasteiger partial charge in [0, 0.05) is 19.2 Å². The Hall–Kier alpha value is -2.18. The predicted octanol–water partition coefficient (Wildman–Crippen LogP) is 3.90. The molecule has 6 nitrogen and oxygen atoms in total. The summed E-state index contributed by atoms with van der Waals surface area (Å²) in [5.41, 5.74) is 2.85. The van der Waals surface area contributed by atoms with Crippen LogP contribution in [0.2, 0.25) is 5.02 Å². The van der Waals surface area contributed by atoms with Crippen molar-refractivity contribution in [2.45, 2.75) is 39.7 Å². The van der Waals surface area contributed by atoms with Gasteiger partial charge in [0.1, 0.15) is 17.3 Å². The molecule has 1 unspecified atom stereocenters. The van der Waals surface area contributed by atoms with Gasteiger partial charge >= 0.3 is 0 Å². The number of hydrogen-bond acceptors (Lipinski definition) is 5. The van der Waals surface area contributed by atoms with Crippen LogP contribution in [0.25, 0.3) is 0 Å². The Morgan fingerprint density at radius 1 is 1.27 bits per heavy atom. The number of rotatable bonds is 5. The number of anilines is 2. The molecule has 2 N–H and O–H groups in total. The number of ether oxygens (including phenoxy) is 1. The third-order valence-corrected chi connectivity index (χ3v) is 4.57. The summed E-state index contributed by atoms with van der Waals surface area (Å²) in [5.74, 6) is 0.827. The predicted molar refractivity (Wildman–Crippen MR) is 103 cm³/mol. The zero-order chi connectivity index (χ0) is 18.7. The van der Waals surface area contributed by atoms with Crippen LogP contribution in [0, 0.1) is 20.8 Å².